The highest BCUT2D eigenvalue weighted by Gasteiger charge is 2.35. The Labute approximate surface area is 229 Å². The van der Waals surface area contributed by atoms with Crippen molar-refractivity contribution in [3.8, 4) is 0 Å². The summed E-state index contributed by atoms with van der Waals surface area (Å²) in [6.45, 7) is 0.611. The van der Waals surface area contributed by atoms with E-state index in [4.69, 9.17) is 0 Å². The predicted octanol–water partition coefficient (Wildman–Crippen LogP) is 3.24. The average Bonchev–Trinajstić information content (AvgIpc) is 2.90. The van der Waals surface area contributed by atoms with Crippen molar-refractivity contribution in [3.63, 3.8) is 0 Å². The number of piperidine rings is 1. The van der Waals surface area contributed by atoms with Gasteiger partial charge in [0.05, 0.1) is 12.4 Å². The van der Waals surface area contributed by atoms with Gasteiger partial charge in [-0.3, -0.25) is 9.10 Å². The van der Waals surface area contributed by atoms with Crippen molar-refractivity contribution in [1.29, 1.82) is 0 Å². The molecule has 2 aromatic heterocycles. The van der Waals surface area contributed by atoms with Crippen LogP contribution in [0.5, 0.6) is 0 Å². The summed E-state index contributed by atoms with van der Waals surface area (Å²) < 4.78 is 66.0. The second-order valence-electron chi connectivity index (χ2n) is 9.27. The summed E-state index contributed by atoms with van der Waals surface area (Å²) in [6, 6.07) is 9.36. The molecule has 0 aliphatic carbocycles. The molecular weight excluding hydrogens is 551 g/mol. The maximum absolute atomic E-state index is 13.7. The number of benzene rings is 1. The molecule has 1 aliphatic heterocycles. The molecule has 0 saturated carbocycles. The first-order valence-corrected chi connectivity index (χ1v) is 14.1. The van der Waals surface area contributed by atoms with Crippen molar-refractivity contribution in [1.82, 2.24) is 19.9 Å². The number of anilines is 4. The van der Waals surface area contributed by atoms with E-state index in [-0.39, 0.29) is 30.8 Å². The maximum Gasteiger partial charge on any atom is 0.421 e. The van der Waals surface area contributed by atoms with E-state index in [1.165, 1.54) is 25.4 Å². The number of alkyl halides is 3. The standard InChI is InChI=1S/C25H28F3N7O4S/c1-34(40(2,38)39)22-17(5-3-11-29-22)13-30-21-20(25(26,27)28)14-31-24(33-21)32-18-9-7-16(8-10-18)23(37)35-12-4-6-19(36)15-35/h3,5,7-11,14,19,36H,4,6,12-13,15H2,1-2H3,(H2,30,31,32,33)/t19-/m0/s1. The zero-order chi connectivity index (χ0) is 29.1. The van der Waals surface area contributed by atoms with Crippen LogP contribution < -0.4 is 14.9 Å². The van der Waals surface area contributed by atoms with E-state index in [1.54, 1.807) is 29.2 Å². The summed E-state index contributed by atoms with van der Waals surface area (Å²) in [7, 11) is -2.36. The molecule has 15 heteroatoms. The van der Waals surface area contributed by atoms with Crippen LogP contribution in [0.2, 0.25) is 0 Å². The number of rotatable bonds is 8. The summed E-state index contributed by atoms with van der Waals surface area (Å²) in [5, 5.41) is 15.3. The van der Waals surface area contributed by atoms with Gasteiger partial charge in [-0.15, -0.1) is 0 Å². The van der Waals surface area contributed by atoms with Gasteiger partial charge in [0.15, 0.2) is 0 Å². The lowest BCUT2D eigenvalue weighted by molar-refractivity contribution is -0.137. The number of halogens is 3. The lowest BCUT2D eigenvalue weighted by Crippen LogP contribution is -2.42. The van der Waals surface area contributed by atoms with Gasteiger partial charge in [-0.1, -0.05) is 6.07 Å². The van der Waals surface area contributed by atoms with Crippen LogP contribution in [0.3, 0.4) is 0 Å². The Hall–Kier alpha value is -3.98. The average molecular weight is 580 g/mol. The first kappa shape index (κ1) is 29.0. The topological polar surface area (TPSA) is 141 Å². The zero-order valence-corrected chi connectivity index (χ0v) is 22.5. The first-order chi connectivity index (χ1) is 18.8. The molecule has 1 atom stereocenters. The number of carbonyl (C=O) groups is 1. The molecule has 3 heterocycles. The molecule has 214 valence electrons. The summed E-state index contributed by atoms with van der Waals surface area (Å²) in [5.74, 6) is -0.809. The van der Waals surface area contributed by atoms with Crippen molar-refractivity contribution in [3.05, 3.63) is 65.5 Å². The van der Waals surface area contributed by atoms with E-state index in [2.05, 4.69) is 25.6 Å². The molecule has 1 aromatic carbocycles. The van der Waals surface area contributed by atoms with Gasteiger partial charge in [-0.05, 0) is 43.2 Å². The monoisotopic (exact) mass is 579 g/mol. The minimum absolute atomic E-state index is 0.0622. The normalized spacial score (nSPS) is 15.9. The number of likely N-dealkylation sites (tertiary alicyclic amines) is 1. The van der Waals surface area contributed by atoms with E-state index in [0.29, 0.717) is 42.4 Å². The second kappa shape index (κ2) is 11.6. The highest BCUT2D eigenvalue weighted by atomic mass is 32.2. The van der Waals surface area contributed by atoms with Gasteiger partial charge >= 0.3 is 6.18 Å². The minimum Gasteiger partial charge on any atom is -0.391 e. The molecule has 1 aliphatic rings. The predicted molar refractivity (Wildman–Crippen MR) is 143 cm³/mol. The fraction of sp³-hybridized carbons (Fsp3) is 0.360. The third kappa shape index (κ3) is 6.96. The van der Waals surface area contributed by atoms with Crippen LogP contribution in [-0.2, 0) is 22.7 Å². The number of β-amino-alcohol motifs (C(OH)–C–C–N with tert-alkyl or cyclic N) is 1. The van der Waals surface area contributed by atoms with E-state index in [0.717, 1.165) is 10.6 Å². The molecule has 4 rings (SSSR count). The highest BCUT2D eigenvalue weighted by Crippen LogP contribution is 2.34. The summed E-state index contributed by atoms with van der Waals surface area (Å²) >= 11 is 0. The Kier molecular flexibility index (Phi) is 8.44. The fourth-order valence-electron chi connectivity index (χ4n) is 4.12. The first-order valence-electron chi connectivity index (χ1n) is 12.2. The number of amides is 1. The summed E-state index contributed by atoms with van der Waals surface area (Å²) in [5.41, 5.74) is 0.0645. The fourth-order valence-corrected chi connectivity index (χ4v) is 4.60. The number of aliphatic hydroxyl groups is 1. The van der Waals surface area contributed by atoms with Crippen LogP contribution in [0.1, 0.15) is 34.3 Å². The lowest BCUT2D eigenvalue weighted by atomic mass is 10.1. The molecule has 11 nitrogen and oxygen atoms in total. The highest BCUT2D eigenvalue weighted by molar-refractivity contribution is 7.92. The molecule has 3 N–H and O–H groups in total. The van der Waals surface area contributed by atoms with Crippen molar-refractivity contribution < 1.29 is 31.5 Å². The van der Waals surface area contributed by atoms with Crippen molar-refractivity contribution in [2.24, 2.45) is 0 Å². The van der Waals surface area contributed by atoms with Crippen LogP contribution >= 0.6 is 0 Å². The van der Waals surface area contributed by atoms with Gasteiger partial charge in [-0.25, -0.2) is 18.4 Å². The van der Waals surface area contributed by atoms with Crippen LogP contribution in [0.4, 0.5) is 36.4 Å². The molecule has 3 aromatic rings. The Balaban J connectivity index is 1.52. The van der Waals surface area contributed by atoms with Gasteiger partial charge < -0.3 is 20.6 Å². The number of nitrogens with zero attached hydrogens (tertiary/aromatic N) is 5. The molecule has 0 radical (unpaired) electrons. The van der Waals surface area contributed by atoms with E-state index < -0.39 is 33.7 Å². The molecule has 1 fully saturated rings. The Bertz CT molecular complexity index is 1470. The molecular formula is C25H28F3N7O4S. The lowest BCUT2D eigenvalue weighted by Gasteiger charge is -2.30. The Morgan fingerprint density at radius 1 is 1.20 bits per heavy atom. The minimum atomic E-state index is -4.76. The van der Waals surface area contributed by atoms with E-state index >= 15 is 0 Å². The number of carbonyl (C=O) groups excluding carboxylic acids is 1. The molecule has 0 spiro atoms. The number of sulfonamides is 1. The number of pyridine rings is 1. The van der Waals surface area contributed by atoms with E-state index in [9.17, 15) is 31.5 Å². The van der Waals surface area contributed by atoms with Crippen molar-refractivity contribution in [2.75, 3.05) is 41.3 Å². The number of aromatic nitrogens is 3. The summed E-state index contributed by atoms with van der Waals surface area (Å²) in [4.78, 5) is 26.1. The van der Waals surface area contributed by atoms with Crippen molar-refractivity contribution >= 4 is 39.2 Å². The quantitative estimate of drug-likeness (QED) is 0.367. The molecule has 0 unspecified atom stereocenters. The Morgan fingerprint density at radius 3 is 2.58 bits per heavy atom. The van der Waals surface area contributed by atoms with Gasteiger partial charge in [0.25, 0.3) is 5.91 Å². The molecule has 1 amide bonds. The number of hydrogen-bond acceptors (Lipinski definition) is 9. The van der Waals surface area contributed by atoms with Crippen LogP contribution in [0.25, 0.3) is 0 Å². The third-order valence-corrected chi connectivity index (χ3v) is 7.44. The molecule has 0 bridgehead atoms. The van der Waals surface area contributed by atoms with Gasteiger partial charge in [0, 0.05) is 55.9 Å². The van der Waals surface area contributed by atoms with Gasteiger partial charge in [0.1, 0.15) is 17.2 Å². The second-order valence-corrected chi connectivity index (χ2v) is 11.3. The van der Waals surface area contributed by atoms with Crippen LogP contribution in [0.15, 0.2) is 48.8 Å². The SMILES string of the molecule is CN(c1ncccc1CNc1nc(Nc2ccc(C(=O)N3CCC[C@H](O)C3)cc2)ncc1C(F)(F)F)S(C)(=O)=O. The number of aliphatic hydroxyl groups excluding tert-OH is 1. The van der Waals surface area contributed by atoms with Crippen molar-refractivity contribution in [2.45, 2.75) is 31.7 Å². The summed E-state index contributed by atoms with van der Waals surface area (Å²) in [6.07, 6.45) is -0.936. The molecule has 40 heavy (non-hydrogen) atoms. The zero-order valence-electron chi connectivity index (χ0n) is 21.7. The third-order valence-electron chi connectivity index (χ3n) is 6.28. The van der Waals surface area contributed by atoms with Gasteiger partial charge in [-0.2, -0.15) is 18.2 Å². The van der Waals surface area contributed by atoms with Gasteiger partial charge in [0.2, 0.25) is 16.0 Å². The number of nitrogens with one attached hydrogen (secondary N) is 2. The largest absolute Gasteiger partial charge is 0.421 e. The van der Waals surface area contributed by atoms with E-state index in [1.807, 2.05) is 0 Å². The number of hydrogen-bond donors (Lipinski definition) is 3. The van der Waals surface area contributed by atoms with Crippen LogP contribution in [0, 0.1) is 0 Å². The smallest absolute Gasteiger partial charge is 0.391 e. The van der Waals surface area contributed by atoms with Crippen LogP contribution in [-0.4, -0.2) is 71.8 Å². The Morgan fingerprint density at radius 2 is 1.93 bits per heavy atom. The molecule has 1 saturated heterocycles. The maximum atomic E-state index is 13.7.